The quantitative estimate of drug-likeness (QED) is 0.0357. The Bertz CT molecular complexity index is 3870. The van der Waals surface area contributed by atoms with Gasteiger partial charge in [-0.1, -0.05) is 296 Å². The van der Waals surface area contributed by atoms with Crippen LogP contribution in [0.5, 0.6) is 11.5 Å². The van der Waals surface area contributed by atoms with Crippen molar-refractivity contribution in [2.75, 3.05) is 0 Å². The SMILES string of the molecule is CCCCCCCCC(CCCCCCCC)Oc1c2cc(-c3sc(-c4cc5c(cc(-c6cc(CC(CC)CCCC)c(-c7ccccc7)s6)c(=O)n5C)n(C)c4=O)cc3CC(CC)CCCC)sc2c(OC(CCCCCCCC)CCCCCCCC)c2cc(-c3ccccc3)sc12. The van der Waals surface area contributed by atoms with Gasteiger partial charge in [-0.3, -0.25) is 9.59 Å². The summed E-state index contributed by atoms with van der Waals surface area (Å²) in [6, 6.07) is 35.4. The van der Waals surface area contributed by atoms with Gasteiger partial charge < -0.3 is 18.6 Å². The molecule has 0 saturated heterocycles. The number of aryl methyl sites for hydroxylation is 2. The van der Waals surface area contributed by atoms with Crippen LogP contribution in [0.25, 0.3) is 82.7 Å². The molecule has 0 spiro atoms. The number of nitrogens with zero attached hydrogens (tertiary/aromatic N) is 2. The number of hydrogen-bond donors (Lipinski definition) is 0. The van der Waals surface area contributed by atoms with Crippen LogP contribution in [-0.2, 0) is 26.9 Å². The first-order valence-corrected chi connectivity index (χ1v) is 43.7. The van der Waals surface area contributed by atoms with Crippen molar-refractivity contribution < 1.29 is 9.47 Å². The van der Waals surface area contributed by atoms with E-state index in [9.17, 15) is 0 Å². The molecule has 9 aromatic rings. The fourth-order valence-electron chi connectivity index (χ4n) is 15.3. The molecule has 6 heterocycles. The maximum atomic E-state index is 15.5. The second kappa shape index (κ2) is 41.9. The molecule has 6 nitrogen and oxygen atoms in total. The molecule has 0 aliphatic carbocycles. The molecule has 3 aromatic carbocycles. The second-order valence-corrected chi connectivity index (χ2v) is 33.8. The molecule has 100 heavy (non-hydrogen) atoms. The monoisotopic (exact) mass is 1430 g/mol. The minimum absolute atomic E-state index is 0.0451. The predicted octanol–water partition coefficient (Wildman–Crippen LogP) is 29.1. The van der Waals surface area contributed by atoms with Crippen molar-refractivity contribution in [3.05, 3.63) is 129 Å². The van der Waals surface area contributed by atoms with Gasteiger partial charge in [0, 0.05) is 54.1 Å². The van der Waals surface area contributed by atoms with Crippen LogP contribution in [-0.4, -0.2) is 21.3 Å². The molecule has 9 rings (SSSR count). The highest BCUT2D eigenvalue weighted by Crippen LogP contribution is 2.55. The van der Waals surface area contributed by atoms with E-state index in [0.717, 1.165) is 96.5 Å². The number of unbranched alkanes of at least 4 members (excludes halogenated alkanes) is 22. The fraction of sp³-hybridized carbons (Fsp3) is 0.578. The zero-order valence-electron chi connectivity index (χ0n) is 63.6. The lowest BCUT2D eigenvalue weighted by molar-refractivity contribution is 0.174. The van der Waals surface area contributed by atoms with E-state index < -0.39 is 0 Å². The third-order valence-electron chi connectivity index (χ3n) is 21.6. The van der Waals surface area contributed by atoms with Gasteiger partial charge in [0.1, 0.15) is 11.5 Å². The highest BCUT2D eigenvalue weighted by Gasteiger charge is 2.30. The highest BCUT2D eigenvalue weighted by molar-refractivity contribution is 7.28. The molecular formula is C90H126N2O4S4. The van der Waals surface area contributed by atoms with Gasteiger partial charge in [-0.2, -0.15) is 0 Å². The van der Waals surface area contributed by atoms with Crippen LogP contribution < -0.4 is 20.6 Å². The topological polar surface area (TPSA) is 62.5 Å². The normalized spacial score (nSPS) is 12.6. The first kappa shape index (κ1) is 78.9. The summed E-state index contributed by atoms with van der Waals surface area (Å²) in [6.45, 7) is 18.5. The average molecular weight is 1430 g/mol. The van der Waals surface area contributed by atoms with Crippen molar-refractivity contribution in [1.82, 2.24) is 9.13 Å². The molecule has 0 saturated carbocycles. The fourth-order valence-corrected chi connectivity index (χ4v) is 20.1. The molecule has 0 aliphatic rings. The van der Waals surface area contributed by atoms with Crippen LogP contribution in [0.3, 0.4) is 0 Å². The lowest BCUT2D eigenvalue weighted by Gasteiger charge is -2.23. The predicted molar refractivity (Wildman–Crippen MR) is 443 cm³/mol. The van der Waals surface area contributed by atoms with E-state index in [2.05, 4.69) is 140 Å². The van der Waals surface area contributed by atoms with Crippen LogP contribution in [0, 0.1) is 11.8 Å². The van der Waals surface area contributed by atoms with Crippen LogP contribution >= 0.6 is 45.3 Å². The molecule has 2 unspecified atom stereocenters. The van der Waals surface area contributed by atoms with E-state index >= 15 is 9.59 Å². The number of fused-ring (bicyclic) bond motifs is 3. The van der Waals surface area contributed by atoms with E-state index in [-0.39, 0.29) is 23.3 Å². The molecule has 10 heteroatoms. The molecule has 0 amide bonds. The lowest BCUT2D eigenvalue weighted by atomic mass is 9.91. The number of ether oxygens (including phenoxy) is 2. The van der Waals surface area contributed by atoms with Crippen LogP contribution in [0.2, 0.25) is 0 Å². The van der Waals surface area contributed by atoms with Crippen LogP contribution in [0.1, 0.15) is 298 Å². The molecule has 2 atom stereocenters. The summed E-state index contributed by atoms with van der Waals surface area (Å²) in [6.07, 6.45) is 46.0. The third kappa shape index (κ3) is 21.5. The Hall–Kier alpha value is -5.26. The van der Waals surface area contributed by atoms with Gasteiger partial charge in [0.25, 0.3) is 11.1 Å². The van der Waals surface area contributed by atoms with Crippen molar-refractivity contribution in [1.29, 1.82) is 0 Å². The Kier molecular flexibility index (Phi) is 33.0. The Balaban J connectivity index is 1.22. The minimum atomic E-state index is -0.0475. The smallest absolute Gasteiger partial charge is 0.259 e. The van der Waals surface area contributed by atoms with Crippen molar-refractivity contribution in [2.45, 2.75) is 312 Å². The van der Waals surface area contributed by atoms with Crippen LogP contribution in [0.15, 0.2) is 107 Å². The number of thiophene rings is 4. The zero-order chi connectivity index (χ0) is 70.6. The van der Waals surface area contributed by atoms with Gasteiger partial charge in [0.15, 0.2) is 0 Å². The number of benzene rings is 3. The molecule has 0 bridgehead atoms. The Morgan fingerprint density at radius 3 is 1.10 bits per heavy atom. The summed E-state index contributed by atoms with van der Waals surface area (Å²) in [7, 11) is 3.81. The van der Waals surface area contributed by atoms with Crippen molar-refractivity contribution in [2.24, 2.45) is 25.9 Å². The minimum Gasteiger partial charge on any atom is -0.488 e. The summed E-state index contributed by atoms with van der Waals surface area (Å²) >= 11 is 7.26. The summed E-state index contributed by atoms with van der Waals surface area (Å²) in [4.78, 5) is 37.4. The highest BCUT2D eigenvalue weighted by atomic mass is 32.1. The summed E-state index contributed by atoms with van der Waals surface area (Å²) in [5, 5.41) is 2.35. The molecule has 6 aromatic heterocycles. The maximum absolute atomic E-state index is 15.5. The van der Waals surface area contributed by atoms with E-state index in [1.54, 1.807) is 27.2 Å². The molecular weight excluding hydrogens is 1300 g/mol. The lowest BCUT2D eigenvalue weighted by Crippen LogP contribution is -2.24. The van der Waals surface area contributed by atoms with E-state index in [1.807, 2.05) is 53.5 Å². The standard InChI is InChI=1S/C90H126N2O4S4/c1-11-19-25-29-33-43-53-71(54-44-34-30-26-20-12-2)95-83-75-63-79(67-49-39-37-40-50-67)97-87(75)84(96-72(55-45-35-31-27-21-13-3)56-46-36-32-28-22-14-4)76-64-82(100-88(76)83)86-70(58-66(18-8)48-24-16-6)60-81(99-86)74-62-78-77(92(10)90(74)94)61-73(89(93)91(78)9)80-59-69(57-65(17-7)47-23-15-5)85(98-80)68-51-41-38-42-52-68/h37-42,49-52,59-66,71-72H,11-36,43-48,53-58H2,1-10H3. The second-order valence-electron chi connectivity index (χ2n) is 29.6. The van der Waals surface area contributed by atoms with Gasteiger partial charge in [-0.15, -0.1) is 45.3 Å². The molecule has 0 fully saturated rings. The Labute approximate surface area is 620 Å². The summed E-state index contributed by atoms with van der Waals surface area (Å²) in [5.74, 6) is 3.12. The molecule has 544 valence electrons. The first-order valence-electron chi connectivity index (χ1n) is 40.4. The Morgan fingerprint density at radius 2 is 0.700 bits per heavy atom. The third-order valence-corrected chi connectivity index (χ3v) is 26.6. The number of hydrogen-bond acceptors (Lipinski definition) is 8. The van der Waals surface area contributed by atoms with Crippen molar-refractivity contribution >= 4 is 76.6 Å². The molecule has 0 aliphatic heterocycles. The maximum Gasteiger partial charge on any atom is 0.259 e. The van der Waals surface area contributed by atoms with Crippen molar-refractivity contribution in [3.63, 3.8) is 0 Å². The van der Waals surface area contributed by atoms with E-state index in [0.29, 0.717) is 23.0 Å². The Morgan fingerprint density at radius 1 is 0.350 bits per heavy atom. The van der Waals surface area contributed by atoms with Gasteiger partial charge in [-0.05, 0) is 135 Å². The summed E-state index contributed by atoms with van der Waals surface area (Å²) < 4.78 is 21.8. The van der Waals surface area contributed by atoms with E-state index in [1.165, 1.54) is 242 Å². The largest absolute Gasteiger partial charge is 0.488 e. The van der Waals surface area contributed by atoms with E-state index in [4.69, 9.17) is 9.47 Å². The molecule has 0 N–H and O–H groups in total. The molecule has 0 radical (unpaired) electrons. The zero-order valence-corrected chi connectivity index (χ0v) is 66.8. The van der Waals surface area contributed by atoms with Crippen LogP contribution in [0.4, 0.5) is 0 Å². The summed E-state index contributed by atoms with van der Waals surface area (Å²) in [5.41, 5.74) is 7.74. The van der Waals surface area contributed by atoms with Gasteiger partial charge >= 0.3 is 0 Å². The number of rotatable bonds is 49. The van der Waals surface area contributed by atoms with Gasteiger partial charge in [0.2, 0.25) is 0 Å². The van der Waals surface area contributed by atoms with Crippen molar-refractivity contribution in [3.8, 4) is 63.0 Å². The number of pyridine rings is 2. The van der Waals surface area contributed by atoms with Gasteiger partial charge in [0.05, 0.1) is 43.8 Å². The average Bonchev–Trinajstić information content (AvgIpc) is 1.44. The first-order chi connectivity index (χ1) is 49.0. The van der Waals surface area contributed by atoms with Gasteiger partial charge in [-0.25, -0.2) is 0 Å². The number of aromatic nitrogens is 2.